The molecule has 5 atom stereocenters. The van der Waals surface area contributed by atoms with Gasteiger partial charge in [-0.3, -0.25) is 4.90 Å². The highest BCUT2D eigenvalue weighted by atomic mass is 15.3. The Kier molecular flexibility index (Phi) is 1.16. The summed E-state index contributed by atoms with van der Waals surface area (Å²) in [6, 6.07) is 0.858. The van der Waals surface area contributed by atoms with Crippen molar-refractivity contribution >= 4 is 0 Å². The number of hydrogen-bond acceptors (Lipinski definition) is 1. The molecule has 2 aliphatic heterocycles. The number of nitrogens with zero attached hydrogens (tertiary/aromatic N) is 1. The molecule has 0 N–H and O–H groups in total. The third-order valence-electron chi connectivity index (χ3n) is 5.03. The Hall–Kier alpha value is -0.0400. The standard InChI is InChI=1S/C11H19N/c1-7-8(2)12-6-10-4-9(10)5-11(7,12)3/h7-10H,4-6H2,1-3H3/t7?,8?,9?,10-,11+/m0/s1. The van der Waals surface area contributed by atoms with Crippen molar-refractivity contribution < 1.29 is 0 Å². The van der Waals surface area contributed by atoms with E-state index in [-0.39, 0.29) is 0 Å². The summed E-state index contributed by atoms with van der Waals surface area (Å²) in [5.41, 5.74) is 0.594. The van der Waals surface area contributed by atoms with Gasteiger partial charge >= 0.3 is 0 Å². The average Bonchev–Trinajstić information content (AvgIpc) is 2.79. The normalized spacial score (nSPS) is 63.2. The minimum Gasteiger partial charge on any atom is -0.294 e. The molecule has 3 fully saturated rings. The molecule has 2 saturated heterocycles. The first-order chi connectivity index (χ1) is 5.63. The Bertz CT molecular complexity index is 225. The minimum atomic E-state index is 0.594. The maximum absolute atomic E-state index is 2.76. The maximum atomic E-state index is 2.76. The molecule has 0 bridgehead atoms. The van der Waals surface area contributed by atoms with Crippen LogP contribution in [0, 0.1) is 17.8 Å². The first-order valence-electron chi connectivity index (χ1n) is 5.39. The molecule has 1 nitrogen and oxygen atoms in total. The summed E-state index contributed by atoms with van der Waals surface area (Å²) in [5.74, 6) is 3.13. The highest BCUT2D eigenvalue weighted by Crippen LogP contribution is 2.58. The summed E-state index contributed by atoms with van der Waals surface area (Å²) in [7, 11) is 0. The lowest BCUT2D eigenvalue weighted by Gasteiger charge is -2.63. The molecule has 1 saturated carbocycles. The Morgan fingerprint density at radius 2 is 2.00 bits per heavy atom. The molecule has 0 aromatic rings. The van der Waals surface area contributed by atoms with Crippen LogP contribution in [0.4, 0.5) is 0 Å². The molecule has 2 heterocycles. The van der Waals surface area contributed by atoms with E-state index in [0.717, 1.165) is 23.8 Å². The number of hydrogen-bond donors (Lipinski definition) is 0. The zero-order valence-corrected chi connectivity index (χ0v) is 8.38. The topological polar surface area (TPSA) is 3.24 Å². The van der Waals surface area contributed by atoms with Gasteiger partial charge in [0.25, 0.3) is 0 Å². The van der Waals surface area contributed by atoms with E-state index in [0.29, 0.717) is 5.54 Å². The van der Waals surface area contributed by atoms with E-state index in [9.17, 15) is 0 Å². The molecule has 3 unspecified atom stereocenters. The van der Waals surface area contributed by atoms with Crippen LogP contribution in [0.25, 0.3) is 0 Å². The van der Waals surface area contributed by atoms with E-state index >= 15 is 0 Å². The van der Waals surface area contributed by atoms with Gasteiger partial charge < -0.3 is 0 Å². The fraction of sp³-hybridized carbons (Fsp3) is 1.00. The van der Waals surface area contributed by atoms with Crippen LogP contribution in [-0.4, -0.2) is 23.0 Å². The molecule has 0 radical (unpaired) electrons. The van der Waals surface area contributed by atoms with Crippen molar-refractivity contribution in [1.82, 2.24) is 4.90 Å². The lowest BCUT2D eigenvalue weighted by molar-refractivity contribution is -0.138. The second-order valence-electron chi connectivity index (χ2n) is 5.50. The van der Waals surface area contributed by atoms with Crippen LogP contribution in [-0.2, 0) is 0 Å². The summed E-state index contributed by atoms with van der Waals surface area (Å²) < 4.78 is 0. The highest BCUT2D eigenvalue weighted by molar-refractivity contribution is 5.14. The van der Waals surface area contributed by atoms with Crippen LogP contribution in [0.2, 0.25) is 0 Å². The molecule has 0 amide bonds. The second-order valence-corrected chi connectivity index (χ2v) is 5.50. The molecule has 12 heavy (non-hydrogen) atoms. The Morgan fingerprint density at radius 1 is 1.25 bits per heavy atom. The van der Waals surface area contributed by atoms with E-state index in [1.54, 1.807) is 0 Å². The summed E-state index contributed by atoms with van der Waals surface area (Å²) in [5, 5.41) is 0. The van der Waals surface area contributed by atoms with Gasteiger partial charge in [0.1, 0.15) is 0 Å². The first-order valence-corrected chi connectivity index (χ1v) is 5.39. The molecule has 0 spiro atoms. The van der Waals surface area contributed by atoms with Gasteiger partial charge in [-0.1, -0.05) is 6.92 Å². The monoisotopic (exact) mass is 165 g/mol. The van der Waals surface area contributed by atoms with Crippen molar-refractivity contribution in [2.24, 2.45) is 17.8 Å². The van der Waals surface area contributed by atoms with Crippen LogP contribution in [0.1, 0.15) is 33.6 Å². The summed E-state index contributed by atoms with van der Waals surface area (Å²) in [4.78, 5) is 2.76. The SMILES string of the molecule is CC1C(C)[C@@]2(C)CC3C[C@H]3CN12. The van der Waals surface area contributed by atoms with Crippen molar-refractivity contribution in [3.8, 4) is 0 Å². The van der Waals surface area contributed by atoms with Gasteiger partial charge in [0, 0.05) is 18.1 Å². The Labute approximate surface area is 75.1 Å². The maximum Gasteiger partial charge on any atom is 0.0227 e. The largest absolute Gasteiger partial charge is 0.294 e. The zero-order chi connectivity index (χ0) is 8.51. The van der Waals surface area contributed by atoms with Crippen molar-refractivity contribution in [2.45, 2.75) is 45.2 Å². The van der Waals surface area contributed by atoms with Gasteiger partial charge in [0.2, 0.25) is 0 Å². The number of piperidine rings is 1. The van der Waals surface area contributed by atoms with Crippen LogP contribution in [0.15, 0.2) is 0 Å². The smallest absolute Gasteiger partial charge is 0.0227 e. The molecule has 0 aromatic carbocycles. The zero-order valence-electron chi connectivity index (χ0n) is 8.38. The predicted molar refractivity (Wildman–Crippen MR) is 50.0 cm³/mol. The fourth-order valence-electron chi connectivity index (χ4n) is 3.68. The summed E-state index contributed by atoms with van der Waals surface area (Å²) >= 11 is 0. The highest BCUT2D eigenvalue weighted by Gasteiger charge is 2.60. The Balaban J connectivity index is 1.86. The minimum absolute atomic E-state index is 0.594. The molecule has 0 aromatic heterocycles. The molecule has 68 valence electrons. The van der Waals surface area contributed by atoms with Crippen molar-refractivity contribution in [1.29, 1.82) is 0 Å². The number of rotatable bonds is 0. The third-order valence-corrected chi connectivity index (χ3v) is 5.03. The van der Waals surface area contributed by atoms with Gasteiger partial charge in [0.05, 0.1) is 0 Å². The lowest BCUT2D eigenvalue weighted by Crippen LogP contribution is -2.71. The van der Waals surface area contributed by atoms with Crippen molar-refractivity contribution in [2.75, 3.05) is 6.54 Å². The molecular formula is C11H19N. The van der Waals surface area contributed by atoms with Crippen LogP contribution in [0.3, 0.4) is 0 Å². The molecular weight excluding hydrogens is 146 g/mol. The van der Waals surface area contributed by atoms with Crippen LogP contribution < -0.4 is 0 Å². The van der Waals surface area contributed by atoms with Gasteiger partial charge in [-0.15, -0.1) is 0 Å². The quantitative estimate of drug-likeness (QED) is 0.531. The average molecular weight is 165 g/mol. The van der Waals surface area contributed by atoms with Gasteiger partial charge in [0.15, 0.2) is 0 Å². The second kappa shape index (κ2) is 1.89. The van der Waals surface area contributed by atoms with E-state index in [4.69, 9.17) is 0 Å². The van der Waals surface area contributed by atoms with E-state index in [1.165, 1.54) is 19.4 Å². The van der Waals surface area contributed by atoms with E-state index in [1.807, 2.05) is 0 Å². The molecule has 3 rings (SSSR count). The van der Waals surface area contributed by atoms with Crippen molar-refractivity contribution in [3.05, 3.63) is 0 Å². The Morgan fingerprint density at radius 3 is 2.75 bits per heavy atom. The summed E-state index contributed by atoms with van der Waals surface area (Å²) in [6.45, 7) is 8.72. The van der Waals surface area contributed by atoms with E-state index in [2.05, 4.69) is 25.7 Å². The third kappa shape index (κ3) is 0.654. The molecule has 1 aliphatic carbocycles. The first kappa shape index (κ1) is 7.37. The van der Waals surface area contributed by atoms with Crippen LogP contribution >= 0.6 is 0 Å². The van der Waals surface area contributed by atoms with Crippen LogP contribution in [0.5, 0.6) is 0 Å². The molecule has 1 heteroatoms. The number of fused-ring (bicyclic) bond motifs is 2. The predicted octanol–water partition coefficient (Wildman–Crippen LogP) is 2.13. The van der Waals surface area contributed by atoms with Gasteiger partial charge in [-0.2, -0.15) is 0 Å². The van der Waals surface area contributed by atoms with Gasteiger partial charge in [-0.05, 0) is 44.4 Å². The fourth-order valence-corrected chi connectivity index (χ4v) is 3.68. The molecule has 3 aliphatic rings. The van der Waals surface area contributed by atoms with Crippen molar-refractivity contribution in [3.63, 3.8) is 0 Å². The van der Waals surface area contributed by atoms with E-state index < -0.39 is 0 Å². The van der Waals surface area contributed by atoms with Gasteiger partial charge in [-0.25, -0.2) is 0 Å². The lowest BCUT2D eigenvalue weighted by atomic mass is 9.66. The summed E-state index contributed by atoms with van der Waals surface area (Å²) in [6.07, 6.45) is 3.02.